The van der Waals surface area contributed by atoms with E-state index in [4.69, 9.17) is 0 Å². The standard InChI is InChI=1S/C28H46O4/c1-16(2)21(29)9-7-17(3)19-8-10-24-27(19,6)15-23(31)25-26(5)13-12-22(30)18(4)20(26)11-14-28(24,25)32/h7,9,16-20,22-25,30-32H,8,10-15H2,1-6H3/b9-7+/t17-,18+,19-,20+,22+,23+,24-,25-,26+,27-,28-/m1/s1. The largest absolute Gasteiger partial charge is 0.393 e. The van der Waals surface area contributed by atoms with E-state index in [1.54, 1.807) is 6.08 Å². The van der Waals surface area contributed by atoms with Gasteiger partial charge in [-0.1, -0.05) is 47.6 Å². The molecule has 0 unspecified atom stereocenters. The molecule has 0 aromatic heterocycles. The maximum atomic E-state index is 12.3. The quantitative estimate of drug-likeness (QED) is 0.544. The molecule has 4 fully saturated rings. The van der Waals surface area contributed by atoms with Crippen LogP contribution in [0.25, 0.3) is 0 Å². The number of aliphatic hydroxyl groups is 3. The van der Waals surface area contributed by atoms with Crippen molar-refractivity contribution in [2.45, 2.75) is 104 Å². The molecule has 3 N–H and O–H groups in total. The molecule has 4 heteroatoms. The van der Waals surface area contributed by atoms with Gasteiger partial charge in [0.1, 0.15) is 0 Å². The Bertz CT molecular complexity index is 761. The molecule has 182 valence electrons. The molecule has 32 heavy (non-hydrogen) atoms. The molecule has 4 nitrogen and oxygen atoms in total. The lowest BCUT2D eigenvalue weighted by Crippen LogP contribution is -2.69. The SMILES string of the molecule is CC(C)C(=O)/C=C/[C@@H](C)[C@H]1CC[C@@H]2[C@]1(C)C[C@H](O)[C@@H]1[C@@]3(C)CC[C@H](O)[C@@H](C)[C@@H]3CC[C@@]21O. The molecule has 11 atom stereocenters. The van der Waals surface area contributed by atoms with Gasteiger partial charge in [-0.2, -0.15) is 0 Å². The fourth-order valence-electron chi connectivity index (χ4n) is 9.42. The summed E-state index contributed by atoms with van der Waals surface area (Å²) in [7, 11) is 0. The number of ketones is 1. The van der Waals surface area contributed by atoms with Crippen molar-refractivity contribution in [3.05, 3.63) is 12.2 Å². The van der Waals surface area contributed by atoms with E-state index in [1.165, 1.54) is 0 Å². The first-order valence-corrected chi connectivity index (χ1v) is 13.2. The summed E-state index contributed by atoms with van der Waals surface area (Å²) in [5.41, 5.74) is -1.09. The Morgan fingerprint density at radius 2 is 1.66 bits per heavy atom. The van der Waals surface area contributed by atoms with E-state index in [0.29, 0.717) is 11.8 Å². The second-order valence-electron chi connectivity index (χ2n) is 12.9. The van der Waals surface area contributed by atoms with Gasteiger partial charge in [-0.3, -0.25) is 4.79 Å². The Morgan fingerprint density at radius 1 is 0.969 bits per heavy atom. The Hall–Kier alpha value is -0.710. The zero-order chi connectivity index (χ0) is 23.6. The molecule has 0 spiro atoms. The van der Waals surface area contributed by atoms with Gasteiger partial charge in [-0.05, 0) is 91.4 Å². The predicted molar refractivity (Wildman–Crippen MR) is 127 cm³/mol. The first-order chi connectivity index (χ1) is 14.9. The average Bonchev–Trinajstić information content (AvgIpc) is 3.06. The molecule has 0 aromatic rings. The molecule has 0 amide bonds. The molecule has 0 radical (unpaired) electrons. The van der Waals surface area contributed by atoms with Crippen molar-refractivity contribution < 1.29 is 20.1 Å². The number of allylic oxidation sites excluding steroid dienone is 2. The molecule has 0 heterocycles. The van der Waals surface area contributed by atoms with E-state index in [2.05, 4.69) is 33.8 Å². The van der Waals surface area contributed by atoms with Gasteiger partial charge in [-0.25, -0.2) is 0 Å². The second kappa shape index (κ2) is 8.20. The lowest BCUT2D eigenvalue weighted by molar-refractivity contribution is -0.267. The van der Waals surface area contributed by atoms with E-state index in [9.17, 15) is 20.1 Å². The van der Waals surface area contributed by atoms with E-state index in [1.807, 2.05) is 13.8 Å². The lowest BCUT2D eigenvalue weighted by atomic mass is 9.40. The first-order valence-electron chi connectivity index (χ1n) is 13.2. The zero-order valence-corrected chi connectivity index (χ0v) is 21.1. The summed E-state index contributed by atoms with van der Waals surface area (Å²) in [6.45, 7) is 12.8. The minimum absolute atomic E-state index is 0.00988. The van der Waals surface area contributed by atoms with Crippen LogP contribution in [0.5, 0.6) is 0 Å². The van der Waals surface area contributed by atoms with Crippen LogP contribution in [0.2, 0.25) is 0 Å². The van der Waals surface area contributed by atoms with Gasteiger partial charge in [0.2, 0.25) is 0 Å². The van der Waals surface area contributed by atoms with Crippen LogP contribution in [-0.4, -0.2) is 38.9 Å². The zero-order valence-electron chi connectivity index (χ0n) is 21.1. The van der Waals surface area contributed by atoms with Gasteiger partial charge < -0.3 is 15.3 Å². The van der Waals surface area contributed by atoms with E-state index >= 15 is 0 Å². The summed E-state index contributed by atoms with van der Waals surface area (Å²) in [6, 6.07) is 0. The van der Waals surface area contributed by atoms with Crippen LogP contribution in [0.15, 0.2) is 12.2 Å². The fraction of sp³-hybridized carbons (Fsp3) is 0.893. The maximum Gasteiger partial charge on any atom is 0.157 e. The summed E-state index contributed by atoms with van der Waals surface area (Å²) < 4.78 is 0. The van der Waals surface area contributed by atoms with Crippen molar-refractivity contribution in [1.82, 2.24) is 0 Å². The summed E-state index contributed by atoms with van der Waals surface area (Å²) >= 11 is 0. The molecule has 4 saturated carbocycles. The van der Waals surface area contributed by atoms with E-state index in [-0.39, 0.29) is 52.3 Å². The molecule has 4 rings (SSSR count). The van der Waals surface area contributed by atoms with Crippen molar-refractivity contribution in [1.29, 1.82) is 0 Å². The lowest BCUT2D eigenvalue weighted by Gasteiger charge is -2.67. The van der Waals surface area contributed by atoms with Gasteiger partial charge in [0.05, 0.1) is 17.8 Å². The minimum Gasteiger partial charge on any atom is -0.393 e. The Morgan fingerprint density at radius 3 is 2.31 bits per heavy atom. The minimum atomic E-state index is -0.842. The van der Waals surface area contributed by atoms with Gasteiger partial charge >= 0.3 is 0 Å². The van der Waals surface area contributed by atoms with Crippen LogP contribution in [0.1, 0.15) is 86.5 Å². The number of hydrogen-bond acceptors (Lipinski definition) is 4. The normalized spacial score (nSPS) is 51.9. The molecule has 0 aromatic carbocycles. The molecular formula is C28H46O4. The highest BCUT2D eigenvalue weighted by Crippen LogP contribution is 2.70. The smallest absolute Gasteiger partial charge is 0.157 e. The van der Waals surface area contributed by atoms with Crippen LogP contribution >= 0.6 is 0 Å². The van der Waals surface area contributed by atoms with Crippen LogP contribution in [0.3, 0.4) is 0 Å². The van der Waals surface area contributed by atoms with E-state index < -0.39 is 11.7 Å². The number of hydrogen-bond donors (Lipinski definition) is 3. The highest BCUT2D eigenvalue weighted by molar-refractivity contribution is 5.91. The van der Waals surface area contributed by atoms with Crippen molar-refractivity contribution in [2.24, 2.45) is 52.3 Å². The van der Waals surface area contributed by atoms with Gasteiger partial charge in [-0.15, -0.1) is 0 Å². The monoisotopic (exact) mass is 446 g/mol. The molecule has 0 saturated heterocycles. The third kappa shape index (κ3) is 3.46. The van der Waals surface area contributed by atoms with Crippen molar-refractivity contribution in [3.63, 3.8) is 0 Å². The third-order valence-electron chi connectivity index (χ3n) is 11.0. The molecule has 4 aliphatic rings. The Balaban J connectivity index is 1.63. The number of carbonyl (C=O) groups excluding carboxylic acids is 1. The number of carbonyl (C=O) groups is 1. The van der Waals surface area contributed by atoms with Crippen molar-refractivity contribution in [3.8, 4) is 0 Å². The number of fused-ring (bicyclic) bond motifs is 5. The molecule has 0 bridgehead atoms. The van der Waals surface area contributed by atoms with Gasteiger partial charge in [0.25, 0.3) is 0 Å². The van der Waals surface area contributed by atoms with Crippen LogP contribution in [0, 0.1) is 52.3 Å². The first kappa shape index (κ1) is 24.4. The predicted octanol–water partition coefficient (Wildman–Crippen LogP) is 4.76. The highest BCUT2D eigenvalue weighted by atomic mass is 16.3. The Labute approximate surface area is 194 Å². The summed E-state index contributed by atoms with van der Waals surface area (Å²) in [4.78, 5) is 12.1. The number of aliphatic hydroxyl groups excluding tert-OH is 2. The molecular weight excluding hydrogens is 400 g/mol. The molecule has 0 aliphatic heterocycles. The second-order valence-corrected chi connectivity index (χ2v) is 12.9. The third-order valence-corrected chi connectivity index (χ3v) is 11.0. The summed E-state index contributed by atoms with van der Waals surface area (Å²) in [5.74, 6) is 1.43. The number of rotatable bonds is 4. The van der Waals surface area contributed by atoms with Crippen molar-refractivity contribution in [2.75, 3.05) is 0 Å². The van der Waals surface area contributed by atoms with E-state index in [0.717, 1.165) is 44.9 Å². The summed E-state index contributed by atoms with van der Waals surface area (Å²) in [6.07, 6.45) is 9.13. The molecule has 4 aliphatic carbocycles. The maximum absolute atomic E-state index is 12.3. The van der Waals surface area contributed by atoms with Crippen LogP contribution < -0.4 is 0 Å². The van der Waals surface area contributed by atoms with Gasteiger partial charge in [0, 0.05) is 11.8 Å². The fourth-order valence-corrected chi connectivity index (χ4v) is 9.42. The summed E-state index contributed by atoms with van der Waals surface area (Å²) in [5, 5.41) is 34.5. The Kier molecular flexibility index (Phi) is 6.26. The van der Waals surface area contributed by atoms with Crippen LogP contribution in [-0.2, 0) is 4.79 Å². The van der Waals surface area contributed by atoms with Crippen LogP contribution in [0.4, 0.5) is 0 Å². The topological polar surface area (TPSA) is 77.8 Å². The average molecular weight is 447 g/mol. The van der Waals surface area contributed by atoms with Gasteiger partial charge in [0.15, 0.2) is 5.78 Å². The van der Waals surface area contributed by atoms with Crippen molar-refractivity contribution >= 4 is 5.78 Å². The highest BCUT2D eigenvalue weighted by Gasteiger charge is 2.70.